The Kier molecular flexibility index (Phi) is 46.3. The highest BCUT2D eigenvalue weighted by atomic mass is 16.4. The van der Waals surface area contributed by atoms with Gasteiger partial charge in [0, 0.05) is 76.8 Å². The van der Waals surface area contributed by atoms with Crippen LogP contribution in [-0.2, 0) is 38.4 Å². The van der Waals surface area contributed by atoms with Gasteiger partial charge in [0.1, 0.15) is 12.1 Å². The quantitative estimate of drug-likeness (QED) is 0.0719. The highest BCUT2D eigenvalue weighted by molar-refractivity contribution is 5.88. The van der Waals surface area contributed by atoms with Crippen molar-refractivity contribution in [2.24, 2.45) is 23.1 Å². The summed E-state index contributed by atoms with van der Waals surface area (Å²) in [6.45, 7) is 4.74. The number of aliphatic carboxylic acids is 1. The lowest BCUT2D eigenvalue weighted by atomic mass is 9.99. The van der Waals surface area contributed by atoms with Crippen molar-refractivity contribution < 1.29 is 43.5 Å². The summed E-state index contributed by atoms with van der Waals surface area (Å²) in [4.78, 5) is 92.5. The third-order valence-corrected chi connectivity index (χ3v) is 16.4. The first kappa shape index (κ1) is 74.7. The van der Waals surface area contributed by atoms with Crippen molar-refractivity contribution in [1.29, 1.82) is 0 Å². The molecule has 2 saturated heterocycles. The Hall–Kier alpha value is -4.32. The molecule has 81 heavy (non-hydrogen) atoms. The second-order valence-corrected chi connectivity index (χ2v) is 23.5. The van der Waals surface area contributed by atoms with E-state index in [0.717, 1.165) is 12.8 Å². The Morgan fingerprint density at radius 3 is 1.20 bits per heavy atom. The maximum Gasteiger partial charge on any atom is 0.303 e. The van der Waals surface area contributed by atoms with Crippen molar-refractivity contribution in [2.45, 2.75) is 321 Å². The SMILES string of the molecule is C1CCCCCCCCCCCCCCCCC1.CC[C@H](C(N)=O)N1CC(CNC(=O)CCC(=O)NC)CC1=O.CC[C@H](C(N)=O)N1NC(CN)CC1=O.O=C(O)CCC(=O)NC1CCCCCCCCCCCCCCCCCC1. The number of carboxylic acids is 1. The fraction of sp³-hybridized carbons (Fsp3) is 0.873. The molecular formula is C63H119N9O9. The van der Waals surface area contributed by atoms with Crippen LogP contribution in [-0.4, -0.2) is 113 Å². The molecule has 4 fully saturated rings. The number of rotatable bonds is 16. The first-order chi connectivity index (χ1) is 39.2. The van der Waals surface area contributed by atoms with E-state index in [0.29, 0.717) is 45.3 Å². The summed E-state index contributed by atoms with van der Waals surface area (Å²) in [5, 5.41) is 18.3. The molecule has 18 nitrogen and oxygen atoms in total. The topological polar surface area (TPSA) is 289 Å². The number of hydrogen-bond acceptors (Lipinski definition) is 10. The van der Waals surface area contributed by atoms with Crippen LogP contribution in [0.2, 0.25) is 0 Å². The number of carbonyl (C=O) groups is 8. The Labute approximate surface area is 490 Å². The summed E-state index contributed by atoms with van der Waals surface area (Å²) in [7, 11) is 1.52. The largest absolute Gasteiger partial charge is 0.481 e. The number of hydrogen-bond donors (Lipinski definition) is 8. The molecule has 4 aliphatic rings. The van der Waals surface area contributed by atoms with Crippen molar-refractivity contribution >= 4 is 47.3 Å². The number of amides is 7. The standard InChI is InChI=1S/C23H43NO3.C18H36.C14H24N4O4.C8H16N4O2/c25-22(19-20-23(26)27)24-21-17-15-13-11-9-7-5-3-1-2-4-6-8-10-12-14-16-18-21;1-2-4-6-8-10-12-14-16-18-17-15-13-11-9-7-5-3-1;1-3-10(14(15)22)18-8-9(6-13(18)21)7-17-12(20)5-4-11(19)16-2;1-2-6(8(10)14)12-7(13)3-5(4-9)11-12/h21H,1-20H2,(H,24,25)(H,26,27);1-18H2;9-10H,3-8H2,1-2H3,(H2,15,22)(H,16,19)(H,17,20);5-6,11H,2-4,9H2,1H3,(H2,10,14)/t;;9?,10-;5?,6-/m..11/s1. The maximum atomic E-state index is 12.0. The fourth-order valence-electron chi connectivity index (χ4n) is 11.3. The smallest absolute Gasteiger partial charge is 0.303 e. The van der Waals surface area contributed by atoms with E-state index in [1.165, 1.54) is 235 Å². The van der Waals surface area contributed by atoms with Crippen molar-refractivity contribution in [3.05, 3.63) is 0 Å². The van der Waals surface area contributed by atoms with Crippen LogP contribution in [0.3, 0.4) is 0 Å². The summed E-state index contributed by atoms with van der Waals surface area (Å²) in [5.74, 6) is -2.68. The van der Waals surface area contributed by atoms with Crippen LogP contribution < -0.4 is 38.6 Å². The van der Waals surface area contributed by atoms with E-state index >= 15 is 0 Å². The molecule has 4 rings (SSSR count). The number of nitrogens with two attached hydrogens (primary N) is 3. The highest BCUT2D eigenvalue weighted by Crippen LogP contribution is 2.22. The van der Waals surface area contributed by atoms with Crippen LogP contribution >= 0.6 is 0 Å². The Morgan fingerprint density at radius 2 is 0.877 bits per heavy atom. The lowest BCUT2D eigenvalue weighted by molar-refractivity contribution is -0.139. The van der Waals surface area contributed by atoms with Crippen LogP contribution in [0, 0.1) is 5.92 Å². The number of nitrogens with one attached hydrogen (secondary N) is 4. The van der Waals surface area contributed by atoms with Crippen LogP contribution in [0.15, 0.2) is 0 Å². The van der Waals surface area contributed by atoms with Gasteiger partial charge in [0.05, 0.1) is 6.42 Å². The van der Waals surface area contributed by atoms with E-state index in [9.17, 15) is 38.4 Å². The fourth-order valence-corrected chi connectivity index (χ4v) is 11.3. The van der Waals surface area contributed by atoms with Crippen molar-refractivity contribution in [1.82, 2.24) is 31.3 Å². The molecule has 7 amide bonds. The van der Waals surface area contributed by atoms with E-state index in [2.05, 4.69) is 21.4 Å². The lowest BCUT2D eigenvalue weighted by Gasteiger charge is -2.24. The predicted octanol–water partition coefficient (Wildman–Crippen LogP) is 10.4. The molecule has 0 aromatic heterocycles. The Morgan fingerprint density at radius 1 is 0.519 bits per heavy atom. The van der Waals surface area contributed by atoms with Gasteiger partial charge in [-0.25, -0.2) is 5.43 Å². The molecule has 0 bridgehead atoms. The second-order valence-electron chi connectivity index (χ2n) is 23.5. The lowest BCUT2D eigenvalue weighted by Crippen LogP contribution is -2.51. The van der Waals surface area contributed by atoms with E-state index in [-0.39, 0.29) is 73.2 Å². The minimum atomic E-state index is -0.898. The third-order valence-electron chi connectivity index (χ3n) is 16.4. The van der Waals surface area contributed by atoms with Gasteiger partial charge in [-0.1, -0.05) is 232 Å². The summed E-state index contributed by atoms with van der Waals surface area (Å²) in [6, 6.07) is -0.996. The molecule has 0 aromatic rings. The number of likely N-dealkylation sites (tertiary alicyclic amines) is 1. The average molecular weight is 1150 g/mol. The number of hydrazine groups is 1. The van der Waals surface area contributed by atoms with Gasteiger partial charge in [-0.2, -0.15) is 0 Å². The van der Waals surface area contributed by atoms with Gasteiger partial charge in [0.25, 0.3) is 0 Å². The molecule has 18 heteroatoms. The molecule has 2 saturated carbocycles. The number of carbonyl (C=O) groups excluding carboxylic acids is 7. The first-order valence-electron chi connectivity index (χ1n) is 32.8. The summed E-state index contributed by atoms with van der Waals surface area (Å²) in [6.07, 6.45) is 52.3. The second kappa shape index (κ2) is 50.2. The Bertz CT molecular complexity index is 1610. The van der Waals surface area contributed by atoms with E-state index < -0.39 is 29.9 Å². The number of nitrogens with zero attached hydrogens (tertiary/aromatic N) is 2. The van der Waals surface area contributed by atoms with Gasteiger partial charge in [-0.3, -0.25) is 43.4 Å². The van der Waals surface area contributed by atoms with E-state index in [1.54, 1.807) is 13.8 Å². The highest BCUT2D eigenvalue weighted by Gasteiger charge is 2.37. The molecule has 470 valence electrons. The monoisotopic (exact) mass is 1150 g/mol. The summed E-state index contributed by atoms with van der Waals surface area (Å²) < 4.78 is 0. The van der Waals surface area contributed by atoms with Gasteiger partial charge < -0.3 is 43.2 Å². The van der Waals surface area contributed by atoms with E-state index in [1.807, 2.05) is 0 Å². The van der Waals surface area contributed by atoms with Gasteiger partial charge in [0.15, 0.2) is 0 Å². The molecular weight excluding hydrogens is 1030 g/mol. The molecule has 2 aliphatic heterocycles. The number of primary amides is 2. The third kappa shape index (κ3) is 39.7. The molecule has 11 N–H and O–H groups in total. The molecule has 4 atom stereocenters. The molecule has 2 unspecified atom stereocenters. The molecule has 0 aromatic carbocycles. The van der Waals surface area contributed by atoms with Crippen molar-refractivity contribution in [3.8, 4) is 0 Å². The Balaban J connectivity index is 0.000000554. The minimum absolute atomic E-state index is 0.0372. The predicted molar refractivity (Wildman–Crippen MR) is 325 cm³/mol. The zero-order valence-corrected chi connectivity index (χ0v) is 51.5. The van der Waals surface area contributed by atoms with Crippen molar-refractivity contribution in [2.75, 3.05) is 26.7 Å². The zero-order chi connectivity index (χ0) is 59.7. The molecule has 0 radical (unpaired) electrons. The van der Waals surface area contributed by atoms with Crippen LogP contribution in [0.5, 0.6) is 0 Å². The van der Waals surface area contributed by atoms with Crippen LogP contribution in [0.4, 0.5) is 0 Å². The minimum Gasteiger partial charge on any atom is -0.481 e. The van der Waals surface area contributed by atoms with Gasteiger partial charge in [0.2, 0.25) is 41.4 Å². The summed E-state index contributed by atoms with van der Waals surface area (Å²) in [5.41, 5.74) is 18.8. The van der Waals surface area contributed by atoms with Gasteiger partial charge >= 0.3 is 5.97 Å². The van der Waals surface area contributed by atoms with E-state index in [4.69, 9.17) is 22.3 Å². The molecule has 0 spiro atoms. The maximum absolute atomic E-state index is 12.0. The first-order valence-corrected chi connectivity index (χ1v) is 32.8. The average Bonchev–Trinajstić information content (AvgIpc) is 4.01. The summed E-state index contributed by atoms with van der Waals surface area (Å²) >= 11 is 0. The normalized spacial score (nSPS) is 21.5. The zero-order valence-electron chi connectivity index (χ0n) is 51.5. The van der Waals surface area contributed by atoms with Crippen molar-refractivity contribution in [3.63, 3.8) is 0 Å². The molecule has 2 heterocycles. The molecule has 2 aliphatic carbocycles. The van der Waals surface area contributed by atoms with Gasteiger partial charge in [-0.15, -0.1) is 0 Å². The van der Waals surface area contributed by atoms with Crippen LogP contribution in [0.1, 0.15) is 296 Å². The van der Waals surface area contributed by atoms with Crippen LogP contribution in [0.25, 0.3) is 0 Å². The number of carboxylic acid groups (broad SMARTS) is 1. The van der Waals surface area contributed by atoms with Gasteiger partial charge in [-0.05, 0) is 25.7 Å².